The Labute approximate surface area is 162 Å². The van der Waals surface area contributed by atoms with Crippen LogP contribution in [-0.2, 0) is 0 Å². The van der Waals surface area contributed by atoms with Gasteiger partial charge in [-0.25, -0.2) is 5.10 Å². The smallest absolute Gasteiger partial charge is 0.216 e. The Morgan fingerprint density at radius 3 is 2.63 bits per heavy atom. The first kappa shape index (κ1) is 18.7. The number of aromatic nitrogens is 3. The fraction of sp³-hybridized carbons (Fsp3) is 0.211. The molecule has 0 fully saturated rings. The maximum absolute atomic E-state index is 5.63. The molecule has 140 valence electrons. The Kier molecular flexibility index (Phi) is 5.87. The van der Waals surface area contributed by atoms with Crippen LogP contribution < -0.4 is 14.2 Å². The highest BCUT2D eigenvalue weighted by Crippen LogP contribution is 2.31. The standard InChI is InChI=1S/C19H20N4O3S/c1-4-26-15-8-6-5-7-14(15)12-20-23-18(21-22-19(23)27)13-9-10-16(24-2)17(11-13)25-3/h5-12H,4H2,1-3H3,(H,22,27)/b20-12+. The molecule has 0 spiro atoms. The summed E-state index contributed by atoms with van der Waals surface area (Å²) in [6.45, 7) is 2.52. The average Bonchev–Trinajstić information content (AvgIpc) is 3.07. The fourth-order valence-electron chi connectivity index (χ4n) is 2.56. The highest BCUT2D eigenvalue weighted by atomic mass is 32.1. The van der Waals surface area contributed by atoms with Crippen LogP contribution in [-0.4, -0.2) is 41.9 Å². The molecule has 1 N–H and O–H groups in total. The lowest BCUT2D eigenvalue weighted by molar-refractivity contribution is 0.340. The van der Waals surface area contributed by atoms with Gasteiger partial charge in [0.15, 0.2) is 17.3 Å². The van der Waals surface area contributed by atoms with Gasteiger partial charge < -0.3 is 14.2 Å². The maximum atomic E-state index is 5.63. The van der Waals surface area contributed by atoms with Gasteiger partial charge >= 0.3 is 0 Å². The molecule has 1 heterocycles. The van der Waals surface area contributed by atoms with E-state index in [1.807, 2.05) is 49.4 Å². The predicted molar refractivity (Wildman–Crippen MR) is 107 cm³/mol. The van der Waals surface area contributed by atoms with Crippen LogP contribution in [0.15, 0.2) is 47.6 Å². The minimum atomic E-state index is 0.380. The van der Waals surface area contributed by atoms with Crippen LogP contribution >= 0.6 is 12.2 Å². The van der Waals surface area contributed by atoms with E-state index in [1.54, 1.807) is 25.1 Å². The molecule has 0 aliphatic heterocycles. The second-order valence-corrected chi connectivity index (χ2v) is 5.84. The number of methoxy groups -OCH3 is 2. The molecule has 0 bridgehead atoms. The Morgan fingerprint density at radius 2 is 1.89 bits per heavy atom. The van der Waals surface area contributed by atoms with E-state index in [1.165, 1.54) is 0 Å². The largest absolute Gasteiger partial charge is 0.493 e. The number of hydrogen-bond donors (Lipinski definition) is 1. The number of nitrogens with one attached hydrogen (secondary N) is 1. The van der Waals surface area contributed by atoms with E-state index in [9.17, 15) is 0 Å². The third kappa shape index (κ3) is 4.01. The molecule has 3 aromatic rings. The van der Waals surface area contributed by atoms with Gasteiger partial charge in [-0.05, 0) is 49.5 Å². The van der Waals surface area contributed by atoms with Gasteiger partial charge in [-0.15, -0.1) is 0 Å². The monoisotopic (exact) mass is 384 g/mol. The zero-order valence-electron chi connectivity index (χ0n) is 15.3. The van der Waals surface area contributed by atoms with E-state index >= 15 is 0 Å². The number of para-hydroxylation sites is 1. The minimum absolute atomic E-state index is 0.380. The van der Waals surface area contributed by atoms with Crippen molar-refractivity contribution in [1.82, 2.24) is 14.9 Å². The molecule has 1 aromatic heterocycles. The summed E-state index contributed by atoms with van der Waals surface area (Å²) < 4.78 is 18.2. The fourth-order valence-corrected chi connectivity index (χ4v) is 2.73. The summed E-state index contributed by atoms with van der Waals surface area (Å²) in [5.74, 6) is 2.55. The first-order valence-electron chi connectivity index (χ1n) is 8.34. The first-order chi connectivity index (χ1) is 13.2. The topological polar surface area (TPSA) is 73.7 Å². The molecule has 0 saturated heterocycles. The Morgan fingerprint density at radius 1 is 1.11 bits per heavy atom. The molecule has 27 heavy (non-hydrogen) atoms. The molecule has 8 heteroatoms. The van der Waals surface area contributed by atoms with Crippen molar-refractivity contribution >= 4 is 18.4 Å². The van der Waals surface area contributed by atoms with Crippen LogP contribution in [0, 0.1) is 4.77 Å². The van der Waals surface area contributed by atoms with E-state index in [-0.39, 0.29) is 0 Å². The van der Waals surface area contributed by atoms with Crippen molar-refractivity contribution in [3.63, 3.8) is 0 Å². The molecule has 3 rings (SSSR count). The quantitative estimate of drug-likeness (QED) is 0.494. The van der Waals surface area contributed by atoms with Gasteiger partial charge in [0.05, 0.1) is 27.0 Å². The van der Waals surface area contributed by atoms with Crippen molar-refractivity contribution < 1.29 is 14.2 Å². The first-order valence-corrected chi connectivity index (χ1v) is 8.74. The summed E-state index contributed by atoms with van der Waals surface area (Å²) in [5.41, 5.74) is 1.64. The van der Waals surface area contributed by atoms with Gasteiger partial charge in [0.1, 0.15) is 5.75 Å². The molecular formula is C19H20N4O3S. The summed E-state index contributed by atoms with van der Waals surface area (Å²) in [5, 5.41) is 11.6. The molecule has 0 unspecified atom stereocenters. The van der Waals surface area contributed by atoms with Gasteiger partial charge in [0.25, 0.3) is 0 Å². The van der Waals surface area contributed by atoms with Gasteiger partial charge in [0.2, 0.25) is 4.77 Å². The van der Waals surface area contributed by atoms with Crippen molar-refractivity contribution in [3.8, 4) is 28.6 Å². The summed E-state index contributed by atoms with van der Waals surface area (Å²) in [6.07, 6.45) is 1.70. The van der Waals surface area contributed by atoms with Gasteiger partial charge in [-0.1, -0.05) is 12.1 Å². The van der Waals surface area contributed by atoms with E-state index in [4.69, 9.17) is 26.4 Å². The van der Waals surface area contributed by atoms with Crippen LogP contribution in [0.4, 0.5) is 0 Å². The van der Waals surface area contributed by atoms with E-state index in [2.05, 4.69) is 15.3 Å². The van der Waals surface area contributed by atoms with Crippen molar-refractivity contribution in [1.29, 1.82) is 0 Å². The van der Waals surface area contributed by atoms with Crippen molar-refractivity contribution in [2.45, 2.75) is 6.92 Å². The predicted octanol–water partition coefficient (Wildman–Crippen LogP) is 3.91. The second-order valence-electron chi connectivity index (χ2n) is 5.45. The minimum Gasteiger partial charge on any atom is -0.493 e. The number of nitrogens with zero attached hydrogens (tertiary/aromatic N) is 3. The lowest BCUT2D eigenvalue weighted by Gasteiger charge is -2.09. The van der Waals surface area contributed by atoms with E-state index in [0.717, 1.165) is 16.9 Å². The van der Waals surface area contributed by atoms with Crippen LogP contribution in [0.5, 0.6) is 17.2 Å². The Balaban J connectivity index is 2.00. The van der Waals surface area contributed by atoms with Gasteiger partial charge in [-0.2, -0.15) is 14.9 Å². The molecule has 0 aliphatic rings. The number of rotatable bonds is 7. The number of hydrogen-bond acceptors (Lipinski definition) is 6. The van der Waals surface area contributed by atoms with Crippen LogP contribution in [0.2, 0.25) is 0 Å². The normalized spacial score (nSPS) is 10.9. The maximum Gasteiger partial charge on any atom is 0.216 e. The highest BCUT2D eigenvalue weighted by Gasteiger charge is 2.12. The molecule has 0 amide bonds. The third-order valence-electron chi connectivity index (χ3n) is 3.82. The van der Waals surface area contributed by atoms with E-state index < -0.39 is 0 Å². The zero-order valence-corrected chi connectivity index (χ0v) is 16.1. The number of H-pyrrole nitrogens is 1. The summed E-state index contributed by atoms with van der Waals surface area (Å²) in [6, 6.07) is 13.2. The Bertz CT molecular complexity index is 1010. The van der Waals surface area contributed by atoms with Crippen molar-refractivity contribution in [2.24, 2.45) is 5.10 Å². The van der Waals surface area contributed by atoms with Crippen LogP contribution in [0.3, 0.4) is 0 Å². The Hall–Kier alpha value is -3.13. The zero-order chi connectivity index (χ0) is 19.2. The van der Waals surface area contributed by atoms with E-state index in [0.29, 0.717) is 28.7 Å². The van der Waals surface area contributed by atoms with Crippen molar-refractivity contribution in [3.05, 3.63) is 52.8 Å². The molecular weight excluding hydrogens is 364 g/mol. The van der Waals surface area contributed by atoms with Crippen molar-refractivity contribution in [2.75, 3.05) is 20.8 Å². The lowest BCUT2D eigenvalue weighted by atomic mass is 10.2. The lowest BCUT2D eigenvalue weighted by Crippen LogP contribution is -1.99. The van der Waals surface area contributed by atoms with Crippen LogP contribution in [0.25, 0.3) is 11.4 Å². The molecule has 0 aliphatic carbocycles. The summed E-state index contributed by atoms with van der Waals surface area (Å²) >= 11 is 5.33. The average molecular weight is 384 g/mol. The number of aromatic amines is 1. The SMILES string of the molecule is CCOc1ccccc1/C=N/n1c(-c2ccc(OC)c(OC)c2)n[nH]c1=S. The highest BCUT2D eigenvalue weighted by molar-refractivity contribution is 7.71. The summed E-state index contributed by atoms with van der Waals surface area (Å²) in [7, 11) is 3.18. The molecule has 0 radical (unpaired) electrons. The second kappa shape index (κ2) is 8.50. The van der Waals surface area contributed by atoms with Crippen LogP contribution in [0.1, 0.15) is 12.5 Å². The molecule has 0 atom stereocenters. The molecule has 2 aromatic carbocycles. The van der Waals surface area contributed by atoms with Gasteiger partial charge in [-0.3, -0.25) is 0 Å². The summed E-state index contributed by atoms with van der Waals surface area (Å²) in [4.78, 5) is 0. The molecule has 0 saturated carbocycles. The number of ether oxygens (including phenoxy) is 3. The number of benzene rings is 2. The third-order valence-corrected chi connectivity index (χ3v) is 4.09. The van der Waals surface area contributed by atoms with Gasteiger partial charge in [0, 0.05) is 11.1 Å². The molecule has 7 nitrogen and oxygen atoms in total.